The first-order chi connectivity index (χ1) is 4.83. The van der Waals surface area contributed by atoms with Crippen LogP contribution in [0.25, 0.3) is 0 Å². The second-order valence-corrected chi connectivity index (χ2v) is 2.52. The SMILES string of the molecule is Cc1ccc(OCBr)cc1. The van der Waals surface area contributed by atoms with E-state index in [1.165, 1.54) is 5.56 Å². The van der Waals surface area contributed by atoms with Gasteiger partial charge in [-0.3, -0.25) is 0 Å². The summed E-state index contributed by atoms with van der Waals surface area (Å²) in [6.45, 7) is 2.05. The van der Waals surface area contributed by atoms with Crippen LogP contribution in [0.5, 0.6) is 5.75 Å². The molecule has 0 fully saturated rings. The number of benzene rings is 1. The van der Waals surface area contributed by atoms with Gasteiger partial charge in [0.2, 0.25) is 0 Å². The average Bonchev–Trinajstić information content (AvgIpc) is 1.95. The van der Waals surface area contributed by atoms with Crippen molar-refractivity contribution in [3.05, 3.63) is 29.8 Å². The predicted octanol–water partition coefficient (Wildman–Crippen LogP) is 2.73. The van der Waals surface area contributed by atoms with Crippen molar-refractivity contribution in [1.29, 1.82) is 0 Å². The summed E-state index contributed by atoms with van der Waals surface area (Å²) >= 11 is 3.18. The monoisotopic (exact) mass is 200 g/mol. The maximum Gasteiger partial charge on any atom is 0.143 e. The van der Waals surface area contributed by atoms with Crippen molar-refractivity contribution >= 4 is 15.9 Å². The first kappa shape index (κ1) is 7.61. The standard InChI is InChI=1S/C8H9BrO/c1-7-2-4-8(5-3-7)10-6-9/h2-5H,6H2,1H3. The summed E-state index contributed by atoms with van der Waals surface area (Å²) in [7, 11) is 0. The zero-order valence-corrected chi connectivity index (χ0v) is 7.39. The number of aryl methyl sites for hydroxylation is 1. The Balaban J connectivity index is 2.69. The third-order valence-electron chi connectivity index (χ3n) is 1.24. The van der Waals surface area contributed by atoms with E-state index in [9.17, 15) is 0 Å². The Morgan fingerprint density at radius 2 is 1.90 bits per heavy atom. The molecule has 0 radical (unpaired) electrons. The minimum absolute atomic E-state index is 0.552. The fourth-order valence-electron chi connectivity index (χ4n) is 0.697. The van der Waals surface area contributed by atoms with Crippen LogP contribution in [0.1, 0.15) is 5.56 Å². The van der Waals surface area contributed by atoms with Gasteiger partial charge in [-0.15, -0.1) is 0 Å². The Morgan fingerprint density at radius 3 is 2.40 bits per heavy atom. The van der Waals surface area contributed by atoms with Gasteiger partial charge in [0.15, 0.2) is 0 Å². The molecule has 1 aromatic carbocycles. The van der Waals surface area contributed by atoms with E-state index < -0.39 is 0 Å². The number of hydrogen-bond donors (Lipinski definition) is 0. The van der Waals surface area contributed by atoms with E-state index in [4.69, 9.17) is 4.74 Å². The fourth-order valence-corrected chi connectivity index (χ4v) is 0.962. The molecule has 1 aromatic rings. The highest BCUT2D eigenvalue weighted by Crippen LogP contribution is 2.11. The molecular formula is C8H9BrO. The summed E-state index contributed by atoms with van der Waals surface area (Å²) < 4.78 is 5.18. The maximum atomic E-state index is 5.18. The number of hydrogen-bond acceptors (Lipinski definition) is 1. The van der Waals surface area contributed by atoms with Crippen LogP contribution in [0, 0.1) is 6.92 Å². The van der Waals surface area contributed by atoms with Crippen LogP contribution in [0.3, 0.4) is 0 Å². The van der Waals surface area contributed by atoms with Gasteiger partial charge >= 0.3 is 0 Å². The summed E-state index contributed by atoms with van der Waals surface area (Å²) in [5.74, 6) is 0.905. The minimum Gasteiger partial charge on any atom is -0.482 e. The normalized spacial score (nSPS) is 9.40. The topological polar surface area (TPSA) is 9.23 Å². The van der Waals surface area contributed by atoms with E-state index >= 15 is 0 Å². The first-order valence-electron chi connectivity index (χ1n) is 3.08. The van der Waals surface area contributed by atoms with Crippen LogP contribution in [-0.2, 0) is 0 Å². The van der Waals surface area contributed by atoms with Crippen LogP contribution in [0.4, 0.5) is 0 Å². The number of alkyl halides is 1. The summed E-state index contributed by atoms with van der Waals surface area (Å²) in [5, 5.41) is 0. The van der Waals surface area contributed by atoms with Gasteiger partial charge in [-0.25, -0.2) is 0 Å². The molecule has 0 spiro atoms. The second kappa shape index (κ2) is 3.62. The highest BCUT2D eigenvalue weighted by molar-refractivity contribution is 9.09. The molecule has 1 rings (SSSR count). The van der Waals surface area contributed by atoms with Gasteiger partial charge in [-0.1, -0.05) is 17.7 Å². The zero-order valence-electron chi connectivity index (χ0n) is 5.80. The largest absolute Gasteiger partial charge is 0.482 e. The lowest BCUT2D eigenvalue weighted by atomic mass is 10.2. The molecular weight excluding hydrogens is 192 g/mol. The summed E-state index contributed by atoms with van der Waals surface area (Å²) in [6, 6.07) is 7.96. The molecule has 0 amide bonds. The van der Waals surface area contributed by atoms with Crippen molar-refractivity contribution in [3.8, 4) is 5.75 Å². The van der Waals surface area contributed by atoms with Crippen LogP contribution in [0.2, 0.25) is 0 Å². The van der Waals surface area contributed by atoms with E-state index in [1.807, 2.05) is 24.3 Å². The quantitative estimate of drug-likeness (QED) is 0.668. The molecule has 54 valence electrons. The van der Waals surface area contributed by atoms with Crippen LogP contribution in [-0.4, -0.2) is 5.52 Å². The molecule has 0 bridgehead atoms. The van der Waals surface area contributed by atoms with Crippen molar-refractivity contribution in [1.82, 2.24) is 0 Å². The molecule has 0 saturated heterocycles. The summed E-state index contributed by atoms with van der Waals surface area (Å²) in [5.41, 5.74) is 1.80. The maximum absolute atomic E-state index is 5.18. The number of halogens is 1. The Hall–Kier alpha value is -0.500. The van der Waals surface area contributed by atoms with Crippen LogP contribution in [0.15, 0.2) is 24.3 Å². The summed E-state index contributed by atoms with van der Waals surface area (Å²) in [6.07, 6.45) is 0. The van der Waals surface area contributed by atoms with Crippen molar-refractivity contribution < 1.29 is 4.74 Å². The minimum atomic E-state index is 0.552. The summed E-state index contributed by atoms with van der Waals surface area (Å²) in [4.78, 5) is 0. The van der Waals surface area contributed by atoms with Crippen LogP contribution >= 0.6 is 15.9 Å². The lowest BCUT2D eigenvalue weighted by Gasteiger charge is -2.00. The van der Waals surface area contributed by atoms with Gasteiger partial charge in [0, 0.05) is 0 Å². The first-order valence-corrected chi connectivity index (χ1v) is 4.20. The number of ether oxygens (including phenoxy) is 1. The van der Waals surface area contributed by atoms with Gasteiger partial charge < -0.3 is 4.74 Å². The lowest BCUT2D eigenvalue weighted by Crippen LogP contribution is -1.87. The highest BCUT2D eigenvalue weighted by Gasteiger charge is 1.88. The molecule has 0 atom stereocenters. The average molecular weight is 201 g/mol. The second-order valence-electron chi connectivity index (χ2n) is 2.07. The molecule has 1 nitrogen and oxygen atoms in total. The van der Waals surface area contributed by atoms with Gasteiger partial charge in [-0.05, 0) is 35.0 Å². The molecule has 0 aliphatic carbocycles. The fraction of sp³-hybridized carbons (Fsp3) is 0.250. The smallest absolute Gasteiger partial charge is 0.143 e. The van der Waals surface area contributed by atoms with E-state index in [0.717, 1.165) is 5.75 Å². The Kier molecular flexibility index (Phi) is 2.75. The van der Waals surface area contributed by atoms with Crippen LogP contribution < -0.4 is 4.74 Å². The molecule has 0 saturated carbocycles. The van der Waals surface area contributed by atoms with Gasteiger partial charge in [0.25, 0.3) is 0 Å². The third kappa shape index (κ3) is 2.03. The molecule has 10 heavy (non-hydrogen) atoms. The molecule has 0 aromatic heterocycles. The lowest BCUT2D eigenvalue weighted by molar-refractivity contribution is 0.398. The third-order valence-corrected chi connectivity index (χ3v) is 1.47. The number of rotatable bonds is 2. The Morgan fingerprint density at radius 1 is 1.30 bits per heavy atom. The van der Waals surface area contributed by atoms with E-state index in [1.54, 1.807) is 0 Å². The van der Waals surface area contributed by atoms with Crippen molar-refractivity contribution in [2.24, 2.45) is 0 Å². The van der Waals surface area contributed by atoms with Crippen molar-refractivity contribution in [3.63, 3.8) is 0 Å². The van der Waals surface area contributed by atoms with E-state index in [0.29, 0.717) is 5.52 Å². The molecule has 0 aliphatic rings. The molecule has 0 unspecified atom stereocenters. The highest BCUT2D eigenvalue weighted by atomic mass is 79.9. The molecule has 0 N–H and O–H groups in total. The molecule has 2 heteroatoms. The van der Waals surface area contributed by atoms with E-state index in [2.05, 4.69) is 22.9 Å². The van der Waals surface area contributed by atoms with Gasteiger partial charge in [0.1, 0.15) is 11.3 Å². The van der Waals surface area contributed by atoms with Gasteiger partial charge in [0.05, 0.1) is 0 Å². The zero-order chi connectivity index (χ0) is 7.40. The predicted molar refractivity (Wildman–Crippen MR) is 45.6 cm³/mol. The van der Waals surface area contributed by atoms with Crippen molar-refractivity contribution in [2.75, 3.05) is 5.52 Å². The van der Waals surface area contributed by atoms with Crippen molar-refractivity contribution in [2.45, 2.75) is 6.92 Å². The van der Waals surface area contributed by atoms with E-state index in [-0.39, 0.29) is 0 Å². The van der Waals surface area contributed by atoms with Gasteiger partial charge in [-0.2, -0.15) is 0 Å². The molecule has 0 heterocycles. The Bertz CT molecular complexity index is 193. The molecule has 0 aliphatic heterocycles. The Labute approximate surface area is 69.1 Å².